The van der Waals surface area contributed by atoms with Crippen LogP contribution >= 0.6 is 0 Å². The smallest absolute Gasteiger partial charge is 0.273 e. The fraction of sp³-hybridized carbons (Fsp3) is 0.667. The van der Waals surface area contributed by atoms with Gasteiger partial charge in [0, 0.05) is 43.5 Å². The molecule has 1 aromatic rings. The van der Waals surface area contributed by atoms with Crippen LogP contribution in [0.3, 0.4) is 0 Å². The van der Waals surface area contributed by atoms with E-state index in [-0.39, 0.29) is 17.2 Å². The van der Waals surface area contributed by atoms with Crippen molar-refractivity contribution in [3.63, 3.8) is 0 Å². The van der Waals surface area contributed by atoms with Crippen LogP contribution in [0.15, 0.2) is 10.6 Å². The molecule has 2 aliphatic rings. The van der Waals surface area contributed by atoms with Gasteiger partial charge in [-0.25, -0.2) is 0 Å². The molecule has 0 saturated heterocycles. The lowest BCUT2D eigenvalue weighted by molar-refractivity contribution is -0.121. The van der Waals surface area contributed by atoms with Crippen LogP contribution in [0, 0.1) is 5.41 Å². The van der Waals surface area contributed by atoms with E-state index < -0.39 is 0 Å². The Kier molecular flexibility index (Phi) is 4.15. The van der Waals surface area contributed by atoms with Crippen LogP contribution in [0.5, 0.6) is 0 Å². The lowest BCUT2D eigenvalue weighted by atomic mass is 10.1. The number of amides is 2. The van der Waals surface area contributed by atoms with Crippen LogP contribution in [0.25, 0.3) is 0 Å². The highest BCUT2D eigenvalue weighted by Gasteiger charge is 2.43. The first-order valence-electron chi connectivity index (χ1n) is 7.83. The molecular formula is C15H22N4O3. The number of aromatic nitrogens is 1. The molecule has 1 heterocycles. The SMILES string of the molecule is NCCC(=O)NCC1(CNC(=O)c2cc(C3CC3)on2)CC1. The molecule has 2 amide bonds. The van der Waals surface area contributed by atoms with Crippen LogP contribution in [0.2, 0.25) is 0 Å². The maximum atomic E-state index is 12.1. The van der Waals surface area contributed by atoms with Crippen LogP contribution in [-0.4, -0.2) is 36.6 Å². The van der Waals surface area contributed by atoms with Crippen molar-refractivity contribution in [3.05, 3.63) is 17.5 Å². The molecule has 22 heavy (non-hydrogen) atoms. The van der Waals surface area contributed by atoms with Gasteiger partial charge in [-0.3, -0.25) is 9.59 Å². The van der Waals surface area contributed by atoms with E-state index in [2.05, 4.69) is 15.8 Å². The Bertz CT molecular complexity index is 561. The zero-order valence-electron chi connectivity index (χ0n) is 12.6. The largest absolute Gasteiger partial charge is 0.360 e. The Morgan fingerprint density at radius 3 is 2.68 bits per heavy atom. The maximum Gasteiger partial charge on any atom is 0.273 e. The molecule has 2 saturated carbocycles. The Labute approximate surface area is 129 Å². The predicted molar refractivity (Wildman–Crippen MR) is 79.2 cm³/mol. The quantitative estimate of drug-likeness (QED) is 0.649. The Hall–Kier alpha value is -1.89. The van der Waals surface area contributed by atoms with Crippen LogP contribution in [-0.2, 0) is 4.79 Å². The van der Waals surface area contributed by atoms with Crippen molar-refractivity contribution in [2.24, 2.45) is 11.1 Å². The Balaban J connectivity index is 1.44. The summed E-state index contributed by atoms with van der Waals surface area (Å²) in [6.07, 6.45) is 4.57. The molecule has 0 aliphatic heterocycles. The third kappa shape index (κ3) is 3.65. The van der Waals surface area contributed by atoms with Crippen molar-refractivity contribution in [2.75, 3.05) is 19.6 Å². The van der Waals surface area contributed by atoms with Crippen molar-refractivity contribution in [3.8, 4) is 0 Å². The second-order valence-corrected chi connectivity index (χ2v) is 6.39. The second-order valence-electron chi connectivity index (χ2n) is 6.39. The zero-order valence-corrected chi connectivity index (χ0v) is 12.6. The molecule has 0 aromatic carbocycles. The van der Waals surface area contributed by atoms with Crippen LogP contribution in [0.4, 0.5) is 0 Å². The highest BCUT2D eigenvalue weighted by molar-refractivity contribution is 5.92. The molecule has 7 heteroatoms. The van der Waals surface area contributed by atoms with Gasteiger partial charge in [-0.15, -0.1) is 0 Å². The first kappa shape index (κ1) is 15.0. The maximum absolute atomic E-state index is 12.1. The Morgan fingerprint density at radius 2 is 2.05 bits per heavy atom. The molecule has 0 radical (unpaired) electrons. The molecule has 0 atom stereocenters. The van der Waals surface area contributed by atoms with Gasteiger partial charge in [0.2, 0.25) is 5.91 Å². The first-order chi connectivity index (χ1) is 10.6. The second kappa shape index (κ2) is 6.08. The fourth-order valence-corrected chi connectivity index (χ4v) is 2.41. The van der Waals surface area contributed by atoms with Gasteiger partial charge in [-0.05, 0) is 25.7 Å². The van der Waals surface area contributed by atoms with E-state index in [0.717, 1.165) is 31.4 Å². The van der Waals surface area contributed by atoms with Crippen LogP contribution in [0.1, 0.15) is 54.3 Å². The lowest BCUT2D eigenvalue weighted by Gasteiger charge is -2.16. The third-order valence-electron chi connectivity index (χ3n) is 4.35. The van der Waals surface area contributed by atoms with E-state index in [4.69, 9.17) is 10.3 Å². The summed E-state index contributed by atoms with van der Waals surface area (Å²) >= 11 is 0. The molecule has 2 fully saturated rings. The number of hydrogen-bond acceptors (Lipinski definition) is 5. The molecule has 1 aromatic heterocycles. The number of carbonyl (C=O) groups excluding carboxylic acids is 2. The van der Waals surface area contributed by atoms with E-state index in [9.17, 15) is 9.59 Å². The minimum atomic E-state index is -0.213. The summed E-state index contributed by atoms with van der Waals surface area (Å²) in [5.41, 5.74) is 5.67. The van der Waals surface area contributed by atoms with Crippen LogP contribution < -0.4 is 16.4 Å². The summed E-state index contributed by atoms with van der Waals surface area (Å²) in [5, 5.41) is 9.59. The summed E-state index contributed by atoms with van der Waals surface area (Å²) in [6.45, 7) is 1.48. The average molecular weight is 306 g/mol. The first-order valence-corrected chi connectivity index (χ1v) is 7.83. The molecule has 3 rings (SSSR count). The van der Waals surface area contributed by atoms with E-state index in [1.165, 1.54) is 0 Å². The summed E-state index contributed by atoms with van der Waals surface area (Å²) in [7, 11) is 0. The van der Waals surface area contributed by atoms with Gasteiger partial charge in [-0.1, -0.05) is 5.16 Å². The van der Waals surface area contributed by atoms with E-state index >= 15 is 0 Å². The third-order valence-corrected chi connectivity index (χ3v) is 4.35. The minimum absolute atomic E-state index is 0.0109. The highest BCUT2D eigenvalue weighted by atomic mass is 16.5. The van der Waals surface area contributed by atoms with Gasteiger partial charge in [0.15, 0.2) is 5.69 Å². The van der Waals surface area contributed by atoms with Crippen molar-refractivity contribution >= 4 is 11.8 Å². The van der Waals surface area contributed by atoms with Gasteiger partial charge >= 0.3 is 0 Å². The molecule has 0 bridgehead atoms. The summed E-state index contributed by atoms with van der Waals surface area (Å²) < 4.78 is 5.18. The number of nitrogens with zero attached hydrogens (tertiary/aromatic N) is 1. The number of nitrogens with two attached hydrogens (primary N) is 1. The fourth-order valence-electron chi connectivity index (χ4n) is 2.41. The van der Waals surface area contributed by atoms with Gasteiger partial charge in [-0.2, -0.15) is 0 Å². The average Bonchev–Trinajstić information content (AvgIpc) is 3.44. The standard InChI is InChI=1S/C15H22N4O3/c16-6-3-13(20)17-8-15(4-5-15)9-18-14(21)11-7-12(22-19-11)10-1-2-10/h7,10H,1-6,8-9,16H2,(H,17,20)(H,18,21). The molecule has 2 aliphatic carbocycles. The lowest BCUT2D eigenvalue weighted by Crippen LogP contribution is -2.38. The van der Waals surface area contributed by atoms with E-state index in [1.807, 2.05) is 0 Å². The summed E-state index contributed by atoms with van der Waals surface area (Å²) in [6, 6.07) is 1.73. The van der Waals surface area contributed by atoms with Gasteiger partial charge in [0.25, 0.3) is 5.91 Å². The highest BCUT2D eigenvalue weighted by Crippen LogP contribution is 2.44. The molecule has 0 spiro atoms. The van der Waals surface area contributed by atoms with E-state index in [1.54, 1.807) is 6.07 Å². The molecule has 0 unspecified atom stereocenters. The van der Waals surface area contributed by atoms with E-state index in [0.29, 0.717) is 37.7 Å². The number of hydrogen-bond donors (Lipinski definition) is 3. The number of carbonyl (C=O) groups is 2. The van der Waals surface area contributed by atoms with Crippen molar-refractivity contribution < 1.29 is 14.1 Å². The normalized spacial score (nSPS) is 18.8. The van der Waals surface area contributed by atoms with Crippen molar-refractivity contribution in [1.29, 1.82) is 0 Å². The number of rotatable bonds is 8. The van der Waals surface area contributed by atoms with Crippen molar-refractivity contribution in [2.45, 2.75) is 38.0 Å². The summed E-state index contributed by atoms with van der Waals surface area (Å²) in [4.78, 5) is 23.5. The summed E-state index contributed by atoms with van der Waals surface area (Å²) in [5.74, 6) is 1.00. The van der Waals surface area contributed by atoms with Gasteiger partial charge in [0.1, 0.15) is 5.76 Å². The molecular weight excluding hydrogens is 284 g/mol. The molecule has 4 N–H and O–H groups in total. The predicted octanol–water partition coefficient (Wildman–Crippen LogP) is 0.527. The monoisotopic (exact) mass is 306 g/mol. The molecule has 7 nitrogen and oxygen atoms in total. The molecule has 120 valence electrons. The van der Waals surface area contributed by atoms with Gasteiger partial charge < -0.3 is 20.9 Å². The van der Waals surface area contributed by atoms with Gasteiger partial charge in [0.05, 0.1) is 0 Å². The minimum Gasteiger partial charge on any atom is -0.360 e. The van der Waals surface area contributed by atoms with Crippen molar-refractivity contribution in [1.82, 2.24) is 15.8 Å². The zero-order chi connectivity index (χ0) is 15.6. The Morgan fingerprint density at radius 1 is 1.32 bits per heavy atom. The topological polar surface area (TPSA) is 110 Å². The number of nitrogens with one attached hydrogen (secondary N) is 2.